The summed E-state index contributed by atoms with van der Waals surface area (Å²) >= 11 is 0. The summed E-state index contributed by atoms with van der Waals surface area (Å²) in [6.07, 6.45) is 13.3. The number of hydrogen-bond donors (Lipinski definition) is 0. The number of hydrogen-bond acceptors (Lipinski definition) is 2. The van der Waals surface area contributed by atoms with E-state index >= 15 is 0 Å². The Morgan fingerprint density at radius 2 is 1.49 bits per heavy atom. The molecule has 0 saturated heterocycles. The summed E-state index contributed by atoms with van der Waals surface area (Å²) in [5, 5.41) is 0. The van der Waals surface area contributed by atoms with Crippen LogP contribution in [0.15, 0.2) is 48.5 Å². The molecule has 1 aliphatic heterocycles. The number of carbonyl (C=O) groups is 2. The standard InChI is InChI=1S/C33H48N2O2/c1-4-5-6-11-16-28-19-21-29(22-20-28)33(37)34-23-14-9-7-8-10-15-24-35(32(36)25-27(2)3)31-18-13-12-17-30(31)26-34/h12-13,17-22,27H,4-11,14-16,23-26H2,1-3H3. The first kappa shape index (κ1) is 28.9. The van der Waals surface area contributed by atoms with Gasteiger partial charge >= 0.3 is 0 Å². The first-order valence-electron chi connectivity index (χ1n) is 14.8. The zero-order chi connectivity index (χ0) is 26.5. The minimum atomic E-state index is 0.0854. The minimum Gasteiger partial charge on any atom is -0.334 e. The molecule has 2 amide bonds. The zero-order valence-corrected chi connectivity index (χ0v) is 23.5. The third kappa shape index (κ3) is 9.32. The molecule has 4 heteroatoms. The van der Waals surface area contributed by atoms with Gasteiger partial charge in [0.2, 0.25) is 5.91 Å². The number of carbonyl (C=O) groups excluding carboxylic acids is 2. The van der Waals surface area contributed by atoms with E-state index in [9.17, 15) is 9.59 Å². The molecule has 37 heavy (non-hydrogen) atoms. The highest BCUT2D eigenvalue weighted by Gasteiger charge is 2.23. The minimum absolute atomic E-state index is 0.0854. The molecule has 0 bridgehead atoms. The summed E-state index contributed by atoms with van der Waals surface area (Å²) in [6.45, 7) is 8.45. The summed E-state index contributed by atoms with van der Waals surface area (Å²) in [5.41, 5.74) is 4.08. The second kappa shape index (κ2) is 15.6. The summed E-state index contributed by atoms with van der Waals surface area (Å²) < 4.78 is 0. The number of anilines is 1. The van der Waals surface area contributed by atoms with E-state index in [1.54, 1.807) is 0 Å². The molecule has 1 heterocycles. The van der Waals surface area contributed by atoms with Crippen LogP contribution in [-0.2, 0) is 17.8 Å². The Morgan fingerprint density at radius 1 is 0.811 bits per heavy atom. The van der Waals surface area contributed by atoms with Crippen LogP contribution in [0.2, 0.25) is 0 Å². The van der Waals surface area contributed by atoms with Crippen molar-refractivity contribution in [3.8, 4) is 0 Å². The van der Waals surface area contributed by atoms with Gasteiger partial charge in [-0.15, -0.1) is 0 Å². The normalized spacial score (nSPS) is 15.5. The lowest BCUT2D eigenvalue weighted by Crippen LogP contribution is -2.35. The van der Waals surface area contributed by atoms with Crippen molar-refractivity contribution in [1.82, 2.24) is 4.90 Å². The second-order valence-electron chi connectivity index (χ2n) is 11.1. The number of nitrogens with zero attached hydrogens (tertiary/aromatic N) is 2. The van der Waals surface area contributed by atoms with Gasteiger partial charge in [0.1, 0.15) is 0 Å². The third-order valence-electron chi connectivity index (χ3n) is 7.39. The van der Waals surface area contributed by atoms with E-state index < -0.39 is 0 Å². The van der Waals surface area contributed by atoms with Crippen LogP contribution in [0.4, 0.5) is 5.69 Å². The van der Waals surface area contributed by atoms with Crippen LogP contribution < -0.4 is 4.90 Å². The smallest absolute Gasteiger partial charge is 0.254 e. The van der Waals surface area contributed by atoms with E-state index in [0.717, 1.165) is 62.0 Å². The van der Waals surface area contributed by atoms with Crippen molar-refractivity contribution < 1.29 is 9.59 Å². The molecule has 2 aromatic carbocycles. The Kier molecular flexibility index (Phi) is 12.2. The Bertz CT molecular complexity index is 967. The van der Waals surface area contributed by atoms with Gasteiger partial charge in [-0.1, -0.05) is 96.0 Å². The van der Waals surface area contributed by atoms with Crippen LogP contribution in [0, 0.1) is 5.92 Å². The first-order valence-corrected chi connectivity index (χ1v) is 14.8. The predicted octanol–water partition coefficient (Wildman–Crippen LogP) is 8.19. The van der Waals surface area contributed by atoms with Gasteiger partial charge in [-0.25, -0.2) is 0 Å². The third-order valence-corrected chi connectivity index (χ3v) is 7.39. The fraction of sp³-hybridized carbons (Fsp3) is 0.576. The topological polar surface area (TPSA) is 40.6 Å². The summed E-state index contributed by atoms with van der Waals surface area (Å²) in [4.78, 5) is 31.0. The molecule has 0 atom stereocenters. The lowest BCUT2D eigenvalue weighted by Gasteiger charge is -2.29. The molecule has 2 aromatic rings. The van der Waals surface area contributed by atoms with Crippen LogP contribution in [0.1, 0.15) is 113 Å². The number of para-hydroxylation sites is 1. The molecule has 0 unspecified atom stereocenters. The average molecular weight is 505 g/mol. The maximum atomic E-state index is 13.7. The van der Waals surface area contributed by atoms with Crippen molar-refractivity contribution in [3.63, 3.8) is 0 Å². The quantitative estimate of drug-likeness (QED) is 0.340. The molecule has 0 aliphatic carbocycles. The Morgan fingerprint density at radius 3 is 2.19 bits per heavy atom. The van der Waals surface area contributed by atoms with Gasteiger partial charge in [-0.3, -0.25) is 9.59 Å². The second-order valence-corrected chi connectivity index (χ2v) is 11.1. The molecular weight excluding hydrogens is 456 g/mol. The van der Waals surface area contributed by atoms with E-state index in [-0.39, 0.29) is 11.8 Å². The fourth-order valence-corrected chi connectivity index (χ4v) is 5.24. The largest absolute Gasteiger partial charge is 0.334 e. The van der Waals surface area contributed by atoms with Crippen molar-refractivity contribution in [2.45, 2.75) is 104 Å². The van der Waals surface area contributed by atoms with Crippen LogP contribution in [0.5, 0.6) is 0 Å². The number of unbranched alkanes of at least 4 members (excludes halogenated alkanes) is 3. The number of rotatable bonds is 8. The molecule has 0 saturated carbocycles. The maximum Gasteiger partial charge on any atom is 0.254 e. The molecule has 0 fully saturated rings. The summed E-state index contributed by atoms with van der Waals surface area (Å²) in [7, 11) is 0. The molecule has 3 rings (SSSR count). The van der Waals surface area contributed by atoms with Crippen molar-refractivity contribution in [2.75, 3.05) is 18.0 Å². The molecule has 0 radical (unpaired) electrons. The molecule has 1 aliphatic rings. The average Bonchev–Trinajstić information content (AvgIpc) is 2.91. The summed E-state index contributed by atoms with van der Waals surface area (Å²) in [6, 6.07) is 16.4. The number of aryl methyl sites for hydroxylation is 1. The molecule has 0 N–H and O–H groups in total. The van der Waals surface area contributed by atoms with E-state index in [4.69, 9.17) is 0 Å². The molecule has 0 aromatic heterocycles. The Hall–Kier alpha value is -2.62. The SMILES string of the molecule is CCCCCCc1ccc(C(=O)N2CCCCCCCCN(C(=O)CC(C)C)c3ccccc3C2)cc1. The van der Waals surface area contributed by atoms with Gasteiger partial charge in [0.15, 0.2) is 0 Å². The lowest BCUT2D eigenvalue weighted by atomic mass is 10.0. The van der Waals surface area contributed by atoms with E-state index in [0.29, 0.717) is 18.9 Å². The molecule has 4 nitrogen and oxygen atoms in total. The van der Waals surface area contributed by atoms with Crippen molar-refractivity contribution in [2.24, 2.45) is 5.92 Å². The molecule has 0 spiro atoms. The van der Waals surface area contributed by atoms with Gasteiger partial charge in [0.05, 0.1) is 0 Å². The lowest BCUT2D eigenvalue weighted by molar-refractivity contribution is -0.119. The van der Waals surface area contributed by atoms with E-state index in [2.05, 4.69) is 45.0 Å². The number of amides is 2. The monoisotopic (exact) mass is 504 g/mol. The Balaban J connectivity index is 1.82. The van der Waals surface area contributed by atoms with E-state index in [1.165, 1.54) is 44.1 Å². The highest BCUT2D eigenvalue weighted by atomic mass is 16.2. The van der Waals surface area contributed by atoms with Gasteiger partial charge in [-0.05, 0) is 60.9 Å². The molecule has 202 valence electrons. The predicted molar refractivity (Wildman–Crippen MR) is 155 cm³/mol. The van der Waals surface area contributed by atoms with Crippen molar-refractivity contribution in [3.05, 3.63) is 65.2 Å². The van der Waals surface area contributed by atoms with Gasteiger partial charge < -0.3 is 9.80 Å². The number of benzene rings is 2. The van der Waals surface area contributed by atoms with Crippen LogP contribution in [-0.4, -0.2) is 29.8 Å². The highest BCUT2D eigenvalue weighted by Crippen LogP contribution is 2.26. The van der Waals surface area contributed by atoms with Crippen LogP contribution in [0.25, 0.3) is 0 Å². The Labute approximate surface area is 225 Å². The van der Waals surface area contributed by atoms with Crippen molar-refractivity contribution >= 4 is 17.5 Å². The van der Waals surface area contributed by atoms with Gasteiger partial charge in [0, 0.05) is 37.3 Å². The van der Waals surface area contributed by atoms with Crippen LogP contribution in [0.3, 0.4) is 0 Å². The van der Waals surface area contributed by atoms with E-state index in [1.807, 2.05) is 34.1 Å². The summed E-state index contributed by atoms with van der Waals surface area (Å²) in [5.74, 6) is 0.587. The van der Waals surface area contributed by atoms with Gasteiger partial charge in [-0.2, -0.15) is 0 Å². The zero-order valence-electron chi connectivity index (χ0n) is 23.5. The molecular formula is C33H48N2O2. The maximum absolute atomic E-state index is 13.7. The van der Waals surface area contributed by atoms with Gasteiger partial charge in [0.25, 0.3) is 5.91 Å². The number of fused-ring (bicyclic) bond motifs is 1. The van der Waals surface area contributed by atoms with Crippen molar-refractivity contribution in [1.29, 1.82) is 0 Å². The van der Waals surface area contributed by atoms with Crippen LogP contribution >= 0.6 is 0 Å². The highest BCUT2D eigenvalue weighted by molar-refractivity contribution is 5.95. The fourth-order valence-electron chi connectivity index (χ4n) is 5.24. The first-order chi connectivity index (χ1) is 18.0.